The number of guanidine groups is 1. The number of halogens is 1. The van der Waals surface area contributed by atoms with Gasteiger partial charge in [-0.25, -0.2) is 0 Å². The summed E-state index contributed by atoms with van der Waals surface area (Å²) >= 11 is 0. The van der Waals surface area contributed by atoms with Crippen LogP contribution in [-0.4, -0.2) is 40.3 Å². The van der Waals surface area contributed by atoms with Gasteiger partial charge in [0.1, 0.15) is 0 Å². The maximum absolute atomic E-state index is 6.01. The van der Waals surface area contributed by atoms with Gasteiger partial charge in [-0.3, -0.25) is 9.67 Å². The van der Waals surface area contributed by atoms with Crippen molar-refractivity contribution in [2.75, 3.05) is 19.6 Å². The molecule has 1 aliphatic heterocycles. The third-order valence-corrected chi connectivity index (χ3v) is 3.47. The Kier molecular flexibility index (Phi) is 6.60. The topological polar surface area (TPSA) is 59.4 Å². The number of aliphatic imine (C=N–C) groups is 1. The number of rotatable bonds is 3. The van der Waals surface area contributed by atoms with Crippen molar-refractivity contribution < 1.29 is 0 Å². The van der Waals surface area contributed by atoms with Crippen molar-refractivity contribution >= 4 is 29.9 Å². The zero-order valence-corrected chi connectivity index (χ0v) is 14.1. The first-order valence-corrected chi connectivity index (χ1v) is 6.69. The second kappa shape index (κ2) is 7.72. The summed E-state index contributed by atoms with van der Waals surface area (Å²) in [5.74, 6) is 1.51. The van der Waals surface area contributed by atoms with Crippen LogP contribution in [0.3, 0.4) is 0 Å². The number of nitrogens with zero attached hydrogens (tertiary/aromatic N) is 4. The standard InChI is InChI=1S/C13H23N5.HI/c1-11-3-6-17(7-4-11)13(14)15-5-8-18-10-12(2)9-16-18;/h9-11H,3-8H2,1-2H3,(H2,14,15);1H. The zero-order chi connectivity index (χ0) is 13.0. The third kappa shape index (κ3) is 5.00. The lowest BCUT2D eigenvalue weighted by molar-refractivity contribution is 0.277. The quantitative estimate of drug-likeness (QED) is 0.497. The molecule has 2 heterocycles. The van der Waals surface area contributed by atoms with Crippen molar-refractivity contribution in [3.63, 3.8) is 0 Å². The van der Waals surface area contributed by atoms with E-state index in [4.69, 9.17) is 5.73 Å². The zero-order valence-electron chi connectivity index (χ0n) is 11.7. The van der Waals surface area contributed by atoms with Gasteiger partial charge < -0.3 is 10.6 Å². The van der Waals surface area contributed by atoms with Gasteiger partial charge in [0.25, 0.3) is 0 Å². The fourth-order valence-electron chi connectivity index (χ4n) is 2.19. The molecule has 1 aromatic rings. The van der Waals surface area contributed by atoms with Gasteiger partial charge in [-0.1, -0.05) is 6.92 Å². The van der Waals surface area contributed by atoms with E-state index >= 15 is 0 Å². The van der Waals surface area contributed by atoms with Crippen LogP contribution in [0.1, 0.15) is 25.3 Å². The highest BCUT2D eigenvalue weighted by atomic mass is 127. The van der Waals surface area contributed by atoms with Crippen LogP contribution in [0.15, 0.2) is 17.4 Å². The van der Waals surface area contributed by atoms with Crippen molar-refractivity contribution in [2.45, 2.75) is 33.2 Å². The largest absolute Gasteiger partial charge is 0.370 e. The Hall–Kier alpha value is -0.790. The van der Waals surface area contributed by atoms with E-state index in [1.807, 2.05) is 24.0 Å². The summed E-state index contributed by atoms with van der Waals surface area (Å²) in [4.78, 5) is 6.63. The second-order valence-electron chi connectivity index (χ2n) is 5.19. The molecular weight excluding hydrogens is 353 g/mol. The Morgan fingerprint density at radius 1 is 1.47 bits per heavy atom. The van der Waals surface area contributed by atoms with E-state index in [1.165, 1.54) is 18.4 Å². The van der Waals surface area contributed by atoms with E-state index in [0.29, 0.717) is 12.5 Å². The van der Waals surface area contributed by atoms with Crippen LogP contribution < -0.4 is 5.73 Å². The molecule has 1 aromatic heterocycles. The van der Waals surface area contributed by atoms with Crippen LogP contribution in [0.2, 0.25) is 0 Å². The van der Waals surface area contributed by atoms with Gasteiger partial charge in [-0.05, 0) is 31.2 Å². The Bertz CT molecular complexity index is 407. The highest BCUT2D eigenvalue weighted by molar-refractivity contribution is 14.0. The summed E-state index contributed by atoms with van der Waals surface area (Å²) in [7, 11) is 0. The van der Waals surface area contributed by atoms with Crippen molar-refractivity contribution in [3.8, 4) is 0 Å². The molecule has 1 aliphatic rings. The normalized spacial score (nSPS) is 17.4. The number of piperidine rings is 1. The Morgan fingerprint density at radius 2 is 2.16 bits per heavy atom. The molecule has 0 radical (unpaired) electrons. The molecule has 0 aliphatic carbocycles. The first kappa shape index (κ1) is 16.3. The molecule has 0 amide bonds. The Balaban J connectivity index is 0.00000180. The molecule has 1 saturated heterocycles. The summed E-state index contributed by atoms with van der Waals surface area (Å²) in [6.45, 7) is 7.90. The summed E-state index contributed by atoms with van der Waals surface area (Å²) in [6.07, 6.45) is 6.32. The first-order chi connectivity index (χ1) is 8.65. The fraction of sp³-hybridized carbons (Fsp3) is 0.692. The van der Waals surface area contributed by atoms with Crippen LogP contribution in [-0.2, 0) is 6.54 Å². The molecule has 0 bridgehead atoms. The van der Waals surface area contributed by atoms with E-state index in [0.717, 1.165) is 25.6 Å². The number of hydrogen-bond donors (Lipinski definition) is 1. The van der Waals surface area contributed by atoms with Crippen molar-refractivity contribution in [3.05, 3.63) is 18.0 Å². The van der Waals surface area contributed by atoms with E-state index in [9.17, 15) is 0 Å². The van der Waals surface area contributed by atoms with Crippen molar-refractivity contribution in [1.29, 1.82) is 0 Å². The lowest BCUT2D eigenvalue weighted by atomic mass is 10.00. The van der Waals surface area contributed by atoms with Gasteiger partial charge >= 0.3 is 0 Å². The van der Waals surface area contributed by atoms with Crippen molar-refractivity contribution in [2.24, 2.45) is 16.6 Å². The van der Waals surface area contributed by atoms with E-state index < -0.39 is 0 Å². The minimum atomic E-state index is 0. The van der Waals surface area contributed by atoms with Gasteiger partial charge in [-0.15, -0.1) is 24.0 Å². The van der Waals surface area contributed by atoms with Gasteiger partial charge in [-0.2, -0.15) is 5.10 Å². The number of nitrogens with two attached hydrogens (primary N) is 1. The van der Waals surface area contributed by atoms with Crippen LogP contribution in [0.25, 0.3) is 0 Å². The molecule has 6 heteroatoms. The minimum Gasteiger partial charge on any atom is -0.370 e. The maximum Gasteiger partial charge on any atom is 0.191 e. The number of likely N-dealkylation sites (tertiary alicyclic amines) is 1. The van der Waals surface area contributed by atoms with Gasteiger partial charge in [0.05, 0.1) is 19.3 Å². The average Bonchev–Trinajstić information content (AvgIpc) is 2.76. The fourth-order valence-corrected chi connectivity index (χ4v) is 2.19. The third-order valence-electron chi connectivity index (χ3n) is 3.47. The SMILES string of the molecule is Cc1cnn(CCN=C(N)N2CCC(C)CC2)c1.I. The summed E-state index contributed by atoms with van der Waals surface area (Å²) < 4.78 is 1.91. The smallest absolute Gasteiger partial charge is 0.191 e. The number of hydrogen-bond acceptors (Lipinski definition) is 2. The maximum atomic E-state index is 6.01. The molecule has 2 rings (SSSR count). The second-order valence-corrected chi connectivity index (χ2v) is 5.19. The molecule has 108 valence electrons. The van der Waals surface area contributed by atoms with Crippen LogP contribution in [0, 0.1) is 12.8 Å². The summed E-state index contributed by atoms with van der Waals surface area (Å²) in [5.41, 5.74) is 7.19. The van der Waals surface area contributed by atoms with Gasteiger partial charge in [0.2, 0.25) is 0 Å². The summed E-state index contributed by atoms with van der Waals surface area (Å²) in [5, 5.41) is 4.23. The van der Waals surface area contributed by atoms with Gasteiger partial charge in [0.15, 0.2) is 5.96 Å². The van der Waals surface area contributed by atoms with Crippen LogP contribution in [0.5, 0.6) is 0 Å². The first-order valence-electron chi connectivity index (χ1n) is 6.69. The number of aromatic nitrogens is 2. The highest BCUT2D eigenvalue weighted by Crippen LogP contribution is 2.15. The molecule has 5 nitrogen and oxygen atoms in total. The van der Waals surface area contributed by atoms with Crippen molar-refractivity contribution in [1.82, 2.24) is 14.7 Å². The molecule has 19 heavy (non-hydrogen) atoms. The van der Waals surface area contributed by atoms with Crippen LogP contribution in [0.4, 0.5) is 0 Å². The summed E-state index contributed by atoms with van der Waals surface area (Å²) in [6, 6.07) is 0. The molecule has 2 N–H and O–H groups in total. The molecule has 0 saturated carbocycles. The Morgan fingerprint density at radius 3 is 2.74 bits per heavy atom. The molecular formula is C13H24IN5. The molecule has 0 atom stereocenters. The molecule has 0 unspecified atom stereocenters. The molecule has 0 aromatic carbocycles. The molecule has 0 spiro atoms. The monoisotopic (exact) mass is 377 g/mol. The van der Waals surface area contributed by atoms with E-state index in [1.54, 1.807) is 0 Å². The Labute approximate surface area is 132 Å². The lowest BCUT2D eigenvalue weighted by Gasteiger charge is -2.31. The predicted molar refractivity (Wildman–Crippen MR) is 88.8 cm³/mol. The molecule has 1 fully saturated rings. The minimum absolute atomic E-state index is 0. The van der Waals surface area contributed by atoms with Crippen LogP contribution >= 0.6 is 24.0 Å². The highest BCUT2D eigenvalue weighted by Gasteiger charge is 2.16. The van der Waals surface area contributed by atoms with E-state index in [2.05, 4.69) is 21.9 Å². The predicted octanol–water partition coefficient (Wildman–Crippen LogP) is 1.86. The van der Waals surface area contributed by atoms with Gasteiger partial charge in [0, 0.05) is 19.3 Å². The lowest BCUT2D eigenvalue weighted by Crippen LogP contribution is -2.42. The number of aryl methyl sites for hydroxylation is 1. The van der Waals surface area contributed by atoms with E-state index in [-0.39, 0.29) is 24.0 Å². The average molecular weight is 377 g/mol.